The molecule has 2 aromatic rings. The fraction of sp³-hybridized carbons (Fsp3) is 0.462. The predicted octanol–water partition coefficient (Wildman–Crippen LogP) is 1.69. The van der Waals surface area contributed by atoms with Crippen LogP contribution in [0.5, 0.6) is 5.75 Å². The van der Waals surface area contributed by atoms with Gasteiger partial charge in [-0.1, -0.05) is 11.6 Å². The van der Waals surface area contributed by atoms with Gasteiger partial charge in [-0.25, -0.2) is 0 Å². The van der Waals surface area contributed by atoms with Crippen LogP contribution in [0.1, 0.15) is 24.2 Å². The Labute approximate surface area is 122 Å². The summed E-state index contributed by atoms with van der Waals surface area (Å²) in [5.41, 5.74) is 1.05. The molecular weight excluding hydrogens is 278 g/mol. The molecule has 1 heterocycles. The van der Waals surface area contributed by atoms with Crippen molar-refractivity contribution in [3.63, 3.8) is 0 Å². The Hall–Kier alpha value is -1.66. The van der Waals surface area contributed by atoms with Crippen LogP contribution in [0.4, 0.5) is 0 Å². The van der Waals surface area contributed by atoms with Gasteiger partial charge in [-0.05, 0) is 36.3 Å². The third kappa shape index (κ3) is 3.46. The van der Waals surface area contributed by atoms with Gasteiger partial charge in [0.15, 0.2) is 6.61 Å². The molecule has 0 aliphatic heterocycles. The fourth-order valence-electron chi connectivity index (χ4n) is 1.89. The highest BCUT2D eigenvalue weighted by molar-refractivity contribution is 6.30. The highest BCUT2D eigenvalue weighted by Gasteiger charge is 2.20. The zero-order valence-electron chi connectivity index (χ0n) is 11.2. The molecule has 0 amide bonds. The molecule has 0 saturated heterocycles. The number of aryl methyl sites for hydroxylation is 1. The first-order chi connectivity index (χ1) is 9.70. The topological polar surface area (TPSA) is 64.9 Å². The van der Waals surface area contributed by atoms with Gasteiger partial charge in [-0.3, -0.25) is 0 Å². The molecule has 106 valence electrons. The monoisotopic (exact) mass is 293 g/mol. The summed E-state index contributed by atoms with van der Waals surface area (Å²) in [5.74, 6) is 1.36. The van der Waals surface area contributed by atoms with Gasteiger partial charge in [0.05, 0.1) is 7.05 Å². The Kier molecular flexibility index (Phi) is 3.84. The number of ether oxygens (including phenoxy) is 1. The zero-order chi connectivity index (χ0) is 13.9. The molecule has 1 N–H and O–H groups in total. The number of halogens is 1. The average Bonchev–Trinajstić information content (AvgIpc) is 3.17. The lowest BCUT2D eigenvalue weighted by Crippen LogP contribution is -2.16. The fourth-order valence-corrected chi connectivity index (χ4v) is 2.09. The molecule has 1 saturated carbocycles. The van der Waals surface area contributed by atoms with Gasteiger partial charge in [0.25, 0.3) is 0 Å². The van der Waals surface area contributed by atoms with Crippen molar-refractivity contribution in [3.05, 3.63) is 34.6 Å². The highest BCUT2D eigenvalue weighted by atomic mass is 35.5. The number of rotatable bonds is 6. The van der Waals surface area contributed by atoms with Crippen molar-refractivity contribution in [1.29, 1.82) is 0 Å². The Morgan fingerprint density at radius 2 is 2.30 bits per heavy atom. The van der Waals surface area contributed by atoms with Gasteiger partial charge in [0.1, 0.15) is 5.75 Å². The summed E-state index contributed by atoms with van der Waals surface area (Å²) in [7, 11) is 1.73. The predicted molar refractivity (Wildman–Crippen MR) is 74.4 cm³/mol. The summed E-state index contributed by atoms with van der Waals surface area (Å²) < 4.78 is 5.77. The molecule has 6 nitrogen and oxygen atoms in total. The normalized spacial score (nSPS) is 14.5. The van der Waals surface area contributed by atoms with E-state index in [4.69, 9.17) is 16.3 Å². The molecule has 1 aliphatic rings. The van der Waals surface area contributed by atoms with E-state index in [1.807, 2.05) is 18.2 Å². The van der Waals surface area contributed by atoms with E-state index in [1.165, 1.54) is 17.6 Å². The van der Waals surface area contributed by atoms with Crippen molar-refractivity contribution >= 4 is 11.6 Å². The maximum atomic E-state index is 6.05. The average molecular weight is 294 g/mol. The van der Waals surface area contributed by atoms with Crippen molar-refractivity contribution in [2.75, 3.05) is 0 Å². The molecule has 0 unspecified atom stereocenters. The zero-order valence-corrected chi connectivity index (χ0v) is 12.0. The van der Waals surface area contributed by atoms with Crippen molar-refractivity contribution < 1.29 is 4.74 Å². The van der Waals surface area contributed by atoms with Crippen LogP contribution in [0.15, 0.2) is 18.2 Å². The van der Waals surface area contributed by atoms with Crippen LogP contribution in [0.3, 0.4) is 0 Å². The summed E-state index contributed by atoms with van der Waals surface area (Å²) in [4.78, 5) is 1.41. The largest absolute Gasteiger partial charge is 0.485 e. The van der Waals surface area contributed by atoms with Gasteiger partial charge in [0, 0.05) is 23.2 Å². The first-order valence-electron chi connectivity index (χ1n) is 6.58. The van der Waals surface area contributed by atoms with E-state index in [-0.39, 0.29) is 0 Å². The van der Waals surface area contributed by atoms with Crippen LogP contribution in [0, 0.1) is 0 Å². The second kappa shape index (κ2) is 5.76. The van der Waals surface area contributed by atoms with E-state index >= 15 is 0 Å². The van der Waals surface area contributed by atoms with E-state index in [0.29, 0.717) is 23.5 Å². The van der Waals surface area contributed by atoms with Crippen molar-refractivity contribution in [3.8, 4) is 5.75 Å². The minimum Gasteiger partial charge on any atom is -0.485 e. The number of nitrogens with zero attached hydrogens (tertiary/aromatic N) is 4. The van der Waals surface area contributed by atoms with Crippen molar-refractivity contribution in [2.45, 2.75) is 32.0 Å². The summed E-state index contributed by atoms with van der Waals surface area (Å²) >= 11 is 6.05. The quantitative estimate of drug-likeness (QED) is 0.878. The molecule has 0 spiro atoms. The van der Waals surface area contributed by atoms with Gasteiger partial charge in [0.2, 0.25) is 5.82 Å². The minimum atomic E-state index is 0.298. The molecule has 7 heteroatoms. The second-order valence-electron chi connectivity index (χ2n) is 4.89. The molecule has 1 aromatic carbocycles. The van der Waals surface area contributed by atoms with Gasteiger partial charge in [-0.15, -0.1) is 10.2 Å². The van der Waals surface area contributed by atoms with Crippen LogP contribution in [0.2, 0.25) is 5.02 Å². The number of aromatic nitrogens is 4. The molecule has 20 heavy (non-hydrogen) atoms. The van der Waals surface area contributed by atoms with Crippen LogP contribution < -0.4 is 10.1 Å². The van der Waals surface area contributed by atoms with Gasteiger partial charge in [-0.2, -0.15) is 4.80 Å². The van der Waals surface area contributed by atoms with E-state index in [2.05, 4.69) is 20.7 Å². The SMILES string of the molecule is Cn1nnc(COc2ccc(Cl)cc2CNC2CC2)n1. The van der Waals surface area contributed by atoms with E-state index in [1.54, 1.807) is 7.05 Å². The summed E-state index contributed by atoms with van der Waals surface area (Å²) in [5, 5.41) is 15.9. The van der Waals surface area contributed by atoms with Crippen molar-refractivity contribution in [1.82, 2.24) is 25.5 Å². The first kappa shape index (κ1) is 13.3. The lowest BCUT2D eigenvalue weighted by Gasteiger charge is -2.11. The molecule has 0 atom stereocenters. The molecule has 1 fully saturated rings. The number of benzene rings is 1. The standard InChI is InChI=1S/C13H16ClN5O/c1-19-17-13(16-18-19)8-20-12-5-2-10(14)6-9(12)7-15-11-3-4-11/h2,5-6,11,15H,3-4,7-8H2,1H3. The smallest absolute Gasteiger partial charge is 0.212 e. The maximum Gasteiger partial charge on any atom is 0.212 e. The third-order valence-electron chi connectivity index (χ3n) is 3.09. The molecule has 1 aromatic heterocycles. The van der Waals surface area contributed by atoms with Gasteiger partial charge < -0.3 is 10.1 Å². The lowest BCUT2D eigenvalue weighted by molar-refractivity contribution is 0.291. The molecule has 3 rings (SSSR count). The third-order valence-corrected chi connectivity index (χ3v) is 3.32. The number of hydrogen-bond acceptors (Lipinski definition) is 5. The maximum absolute atomic E-state index is 6.05. The second-order valence-corrected chi connectivity index (χ2v) is 5.33. The summed E-state index contributed by atoms with van der Waals surface area (Å²) in [6, 6.07) is 6.27. The van der Waals surface area contributed by atoms with E-state index in [0.717, 1.165) is 17.9 Å². The Morgan fingerprint density at radius 3 is 3.00 bits per heavy atom. The Bertz CT molecular complexity index is 596. The first-order valence-corrected chi connectivity index (χ1v) is 6.96. The highest BCUT2D eigenvalue weighted by Crippen LogP contribution is 2.25. The Balaban J connectivity index is 1.66. The number of nitrogens with one attached hydrogen (secondary N) is 1. The van der Waals surface area contributed by atoms with Crippen molar-refractivity contribution in [2.24, 2.45) is 7.05 Å². The summed E-state index contributed by atoms with van der Waals surface area (Å²) in [6.07, 6.45) is 2.50. The van der Waals surface area contributed by atoms with Crippen LogP contribution in [-0.4, -0.2) is 26.2 Å². The van der Waals surface area contributed by atoms with E-state index < -0.39 is 0 Å². The summed E-state index contributed by atoms with van der Waals surface area (Å²) in [6.45, 7) is 1.06. The Morgan fingerprint density at radius 1 is 1.45 bits per heavy atom. The molecule has 0 radical (unpaired) electrons. The molecule has 1 aliphatic carbocycles. The number of tetrazole rings is 1. The molecular formula is C13H16ClN5O. The van der Waals surface area contributed by atoms with Crippen LogP contribution >= 0.6 is 11.6 Å². The minimum absolute atomic E-state index is 0.298. The van der Waals surface area contributed by atoms with Gasteiger partial charge >= 0.3 is 0 Å². The van der Waals surface area contributed by atoms with Crippen LogP contribution in [0.25, 0.3) is 0 Å². The molecule has 0 bridgehead atoms. The van der Waals surface area contributed by atoms with E-state index in [9.17, 15) is 0 Å². The number of hydrogen-bond donors (Lipinski definition) is 1. The lowest BCUT2D eigenvalue weighted by atomic mass is 10.2. The van der Waals surface area contributed by atoms with Crippen LogP contribution in [-0.2, 0) is 20.2 Å².